The second kappa shape index (κ2) is 9.49. The van der Waals surface area contributed by atoms with Crippen LogP contribution in [0.5, 0.6) is 0 Å². The van der Waals surface area contributed by atoms with E-state index in [1.54, 1.807) is 11.8 Å². The molecule has 0 rings (SSSR count). The van der Waals surface area contributed by atoms with Crippen LogP contribution in [0, 0.1) is 0 Å². The average Bonchev–Trinajstić information content (AvgIpc) is 2.13. The third-order valence-corrected chi connectivity index (χ3v) is 2.84. The highest BCUT2D eigenvalue weighted by atomic mass is 32.2. The number of nitrogens with one attached hydrogen (secondary N) is 1. The summed E-state index contributed by atoms with van der Waals surface area (Å²) in [7, 11) is 0. The quantitative estimate of drug-likeness (QED) is 0.475. The van der Waals surface area contributed by atoms with Crippen molar-refractivity contribution in [1.82, 2.24) is 5.32 Å². The molecule has 1 unspecified atom stereocenters. The first-order valence-electron chi connectivity index (χ1n) is 5.06. The molecule has 0 aromatic rings. The second-order valence-electron chi connectivity index (χ2n) is 3.48. The van der Waals surface area contributed by atoms with E-state index in [1.807, 2.05) is 13.8 Å². The number of aliphatic hydroxyl groups is 1. The molecular weight excluding hydrogens is 196 g/mol. The molecule has 0 aliphatic carbocycles. The lowest BCUT2D eigenvalue weighted by atomic mass is 10.4. The summed E-state index contributed by atoms with van der Waals surface area (Å²) in [5, 5.41) is 12.0. The number of nitrogens with zero attached hydrogens (tertiary/aromatic N) is 1. The zero-order valence-corrected chi connectivity index (χ0v) is 10.2. The minimum Gasteiger partial charge on any atom is -0.396 e. The lowest BCUT2D eigenvalue weighted by Crippen LogP contribution is -2.30. The Kier molecular flexibility index (Phi) is 9.45. The van der Waals surface area contributed by atoms with Gasteiger partial charge < -0.3 is 10.4 Å². The number of hydrogen-bond donors (Lipinski definition) is 2. The van der Waals surface area contributed by atoms with Crippen LogP contribution in [-0.4, -0.2) is 48.1 Å². The molecule has 0 saturated carbocycles. The first-order valence-corrected chi connectivity index (χ1v) is 6.22. The van der Waals surface area contributed by atoms with Crippen molar-refractivity contribution < 1.29 is 5.11 Å². The molecule has 0 saturated heterocycles. The van der Waals surface area contributed by atoms with Gasteiger partial charge in [-0.3, -0.25) is 4.99 Å². The molecule has 0 aliphatic heterocycles. The summed E-state index contributed by atoms with van der Waals surface area (Å²) in [4.78, 5) is 4.30. The topological polar surface area (TPSA) is 44.6 Å². The van der Waals surface area contributed by atoms with Crippen LogP contribution in [0.15, 0.2) is 4.99 Å². The maximum atomic E-state index is 8.60. The standard InChI is InChI=1S/C10H22N2OS/c1-9(2)11-4-5-12-10(3)8-14-7-6-13/h10,12-13H,4-8H2,1-3H3. The molecule has 4 heteroatoms. The monoisotopic (exact) mass is 218 g/mol. The Balaban J connectivity index is 3.26. The van der Waals surface area contributed by atoms with Crippen molar-refractivity contribution in [2.45, 2.75) is 26.8 Å². The van der Waals surface area contributed by atoms with Gasteiger partial charge in [0.05, 0.1) is 13.2 Å². The van der Waals surface area contributed by atoms with Crippen LogP contribution in [0.25, 0.3) is 0 Å². The van der Waals surface area contributed by atoms with Crippen molar-refractivity contribution in [1.29, 1.82) is 0 Å². The molecule has 14 heavy (non-hydrogen) atoms. The van der Waals surface area contributed by atoms with Crippen LogP contribution in [0.2, 0.25) is 0 Å². The van der Waals surface area contributed by atoms with Crippen molar-refractivity contribution in [2.75, 3.05) is 31.2 Å². The molecule has 0 heterocycles. The summed E-state index contributed by atoms with van der Waals surface area (Å²) in [6.45, 7) is 8.26. The second-order valence-corrected chi connectivity index (χ2v) is 4.63. The third-order valence-electron chi connectivity index (χ3n) is 1.64. The highest BCUT2D eigenvalue weighted by molar-refractivity contribution is 7.99. The van der Waals surface area contributed by atoms with Crippen LogP contribution >= 0.6 is 11.8 Å². The molecule has 0 fully saturated rings. The van der Waals surface area contributed by atoms with Crippen molar-refractivity contribution in [3.63, 3.8) is 0 Å². The van der Waals surface area contributed by atoms with Gasteiger partial charge in [0.1, 0.15) is 0 Å². The van der Waals surface area contributed by atoms with E-state index in [2.05, 4.69) is 17.2 Å². The predicted molar refractivity (Wildman–Crippen MR) is 65.5 cm³/mol. The SMILES string of the molecule is CC(C)=NCCNC(C)CSCCO. The van der Waals surface area contributed by atoms with E-state index in [9.17, 15) is 0 Å². The molecule has 0 spiro atoms. The van der Waals surface area contributed by atoms with E-state index < -0.39 is 0 Å². The fraction of sp³-hybridized carbons (Fsp3) is 0.900. The number of aliphatic hydroxyl groups excluding tert-OH is 1. The van der Waals surface area contributed by atoms with Gasteiger partial charge in [-0.25, -0.2) is 0 Å². The van der Waals surface area contributed by atoms with Gasteiger partial charge in [-0.15, -0.1) is 0 Å². The lowest BCUT2D eigenvalue weighted by Gasteiger charge is -2.11. The Labute approximate surface area is 91.4 Å². The zero-order valence-electron chi connectivity index (χ0n) is 9.42. The lowest BCUT2D eigenvalue weighted by molar-refractivity contribution is 0.322. The molecule has 0 amide bonds. The van der Waals surface area contributed by atoms with Crippen LogP contribution in [0.4, 0.5) is 0 Å². The fourth-order valence-electron chi connectivity index (χ4n) is 0.974. The summed E-state index contributed by atoms with van der Waals surface area (Å²) < 4.78 is 0. The Morgan fingerprint density at radius 3 is 2.79 bits per heavy atom. The maximum Gasteiger partial charge on any atom is 0.0521 e. The first-order chi connectivity index (χ1) is 6.66. The molecule has 0 aromatic heterocycles. The Morgan fingerprint density at radius 1 is 1.50 bits per heavy atom. The highest BCUT2D eigenvalue weighted by Gasteiger charge is 1.99. The normalized spacial score (nSPS) is 12.6. The molecule has 1 atom stereocenters. The van der Waals surface area contributed by atoms with Crippen LogP contribution in [0.1, 0.15) is 20.8 Å². The maximum absolute atomic E-state index is 8.60. The number of aliphatic imine (C=N–C) groups is 1. The van der Waals surface area contributed by atoms with Crippen molar-refractivity contribution in [3.8, 4) is 0 Å². The van der Waals surface area contributed by atoms with Gasteiger partial charge in [-0.2, -0.15) is 11.8 Å². The first kappa shape index (κ1) is 13.9. The summed E-state index contributed by atoms with van der Waals surface area (Å²) >= 11 is 1.78. The Bertz CT molecular complexity index is 158. The number of rotatable bonds is 8. The van der Waals surface area contributed by atoms with Crippen molar-refractivity contribution >= 4 is 17.5 Å². The molecule has 84 valence electrons. The van der Waals surface area contributed by atoms with Gasteiger partial charge in [0.25, 0.3) is 0 Å². The fourth-order valence-corrected chi connectivity index (χ4v) is 1.74. The molecule has 3 nitrogen and oxygen atoms in total. The Morgan fingerprint density at radius 2 is 2.21 bits per heavy atom. The predicted octanol–water partition coefficient (Wildman–Crippen LogP) is 1.17. The van der Waals surface area contributed by atoms with E-state index in [0.717, 1.165) is 30.3 Å². The third kappa shape index (κ3) is 10.0. The minimum atomic E-state index is 0.275. The summed E-state index contributed by atoms with van der Waals surface area (Å²) in [5.74, 6) is 1.88. The summed E-state index contributed by atoms with van der Waals surface area (Å²) in [6, 6.07) is 0.499. The summed E-state index contributed by atoms with van der Waals surface area (Å²) in [5.41, 5.74) is 1.13. The zero-order chi connectivity index (χ0) is 10.8. The minimum absolute atomic E-state index is 0.275. The van der Waals surface area contributed by atoms with Gasteiger partial charge >= 0.3 is 0 Å². The molecule has 0 aromatic carbocycles. The number of thioether (sulfide) groups is 1. The summed E-state index contributed by atoms with van der Waals surface area (Å²) in [6.07, 6.45) is 0. The van der Waals surface area contributed by atoms with Gasteiger partial charge in [0.2, 0.25) is 0 Å². The van der Waals surface area contributed by atoms with Crippen molar-refractivity contribution in [3.05, 3.63) is 0 Å². The van der Waals surface area contributed by atoms with Crippen LogP contribution in [0.3, 0.4) is 0 Å². The molecular formula is C10H22N2OS. The molecule has 0 bridgehead atoms. The van der Waals surface area contributed by atoms with E-state index >= 15 is 0 Å². The van der Waals surface area contributed by atoms with Gasteiger partial charge in [-0.05, 0) is 20.8 Å². The van der Waals surface area contributed by atoms with E-state index in [1.165, 1.54) is 0 Å². The highest BCUT2D eigenvalue weighted by Crippen LogP contribution is 2.00. The van der Waals surface area contributed by atoms with Gasteiger partial charge in [0, 0.05) is 29.8 Å². The largest absolute Gasteiger partial charge is 0.396 e. The number of hydrogen-bond acceptors (Lipinski definition) is 4. The van der Waals surface area contributed by atoms with Crippen molar-refractivity contribution in [2.24, 2.45) is 4.99 Å². The van der Waals surface area contributed by atoms with Crippen LogP contribution in [-0.2, 0) is 0 Å². The van der Waals surface area contributed by atoms with E-state index in [4.69, 9.17) is 5.11 Å². The molecule has 0 aliphatic rings. The average molecular weight is 218 g/mol. The smallest absolute Gasteiger partial charge is 0.0521 e. The van der Waals surface area contributed by atoms with Gasteiger partial charge in [-0.1, -0.05) is 0 Å². The van der Waals surface area contributed by atoms with E-state index in [-0.39, 0.29) is 6.61 Å². The van der Waals surface area contributed by atoms with E-state index in [0.29, 0.717) is 6.04 Å². The van der Waals surface area contributed by atoms with Gasteiger partial charge in [0.15, 0.2) is 0 Å². The molecule has 2 N–H and O–H groups in total. The van der Waals surface area contributed by atoms with Crippen LogP contribution < -0.4 is 5.32 Å². The molecule has 0 radical (unpaired) electrons. The Hall–Kier alpha value is -0.0600.